The molecule has 3 fully saturated rings. The Balaban J connectivity index is 1.40. The number of hydrogen-bond acceptors (Lipinski definition) is 10. The number of aromatic nitrogens is 4. The number of fused-ring (bicyclic) bond motifs is 1. The van der Waals surface area contributed by atoms with Crippen molar-refractivity contribution in [3.05, 3.63) is 12.2 Å². The van der Waals surface area contributed by atoms with Crippen LogP contribution in [0.5, 0.6) is 0 Å². The average Bonchev–Trinajstić information content (AvgIpc) is 3.25. The maximum atomic E-state index is 15.2. The van der Waals surface area contributed by atoms with E-state index in [0.717, 1.165) is 38.5 Å². The minimum Gasteiger partial charge on any atom is -0.387 e. The second-order valence-corrected chi connectivity index (χ2v) is 13.9. The van der Waals surface area contributed by atoms with Crippen molar-refractivity contribution in [3.63, 3.8) is 0 Å². The zero-order chi connectivity index (χ0) is 26.5. The molecule has 2 aliphatic carbocycles. The smallest absolute Gasteiger partial charge is 0.340 e. The molecule has 3 heterocycles. The minimum absolute atomic E-state index is 0.0375. The van der Waals surface area contributed by atoms with Crippen molar-refractivity contribution in [3.8, 4) is 0 Å². The van der Waals surface area contributed by atoms with Crippen molar-refractivity contribution in [1.29, 1.82) is 0 Å². The second-order valence-electron chi connectivity index (χ2n) is 9.90. The number of rotatable bonds is 10. The molecule has 6 atom stereocenters. The summed E-state index contributed by atoms with van der Waals surface area (Å²) in [5.74, 6) is -0.796. The maximum absolute atomic E-state index is 15.2. The fourth-order valence-corrected chi connectivity index (χ4v) is 7.34. The third-order valence-electron chi connectivity index (χ3n) is 6.84. The van der Waals surface area contributed by atoms with Crippen LogP contribution in [0, 0.1) is 5.92 Å². The highest BCUT2D eigenvalue weighted by atomic mass is 31.2. The zero-order valence-corrected chi connectivity index (χ0v) is 21.5. The molecule has 206 valence electrons. The molecule has 0 bridgehead atoms. The van der Waals surface area contributed by atoms with Crippen molar-refractivity contribution in [2.45, 2.75) is 75.3 Å². The summed E-state index contributed by atoms with van der Waals surface area (Å²) in [5.41, 5.74) is 0.520. The summed E-state index contributed by atoms with van der Waals surface area (Å²) in [6.45, 7) is -0.784. The van der Waals surface area contributed by atoms with Gasteiger partial charge in [-0.1, -0.05) is 12.8 Å². The van der Waals surface area contributed by atoms with Gasteiger partial charge in [0.05, 0.1) is 12.9 Å². The van der Waals surface area contributed by atoms with Crippen LogP contribution in [0.15, 0.2) is 6.33 Å². The summed E-state index contributed by atoms with van der Waals surface area (Å²) < 4.78 is 49.8. The van der Waals surface area contributed by atoms with E-state index in [2.05, 4.69) is 20.3 Å². The molecule has 0 amide bonds. The predicted molar refractivity (Wildman–Crippen MR) is 126 cm³/mol. The summed E-state index contributed by atoms with van der Waals surface area (Å²) in [4.78, 5) is 40.9. The van der Waals surface area contributed by atoms with Crippen molar-refractivity contribution >= 4 is 32.2 Å². The Morgan fingerprint density at radius 3 is 2.54 bits per heavy atom. The molecule has 17 heteroatoms. The van der Waals surface area contributed by atoms with E-state index in [-0.39, 0.29) is 23.4 Å². The van der Waals surface area contributed by atoms with Crippen LogP contribution < -0.4 is 5.32 Å². The van der Waals surface area contributed by atoms with Crippen LogP contribution >= 0.6 is 15.2 Å². The van der Waals surface area contributed by atoms with Gasteiger partial charge in [0, 0.05) is 6.04 Å². The number of halogens is 1. The normalized spacial score (nSPS) is 29.6. The molecule has 0 spiro atoms. The number of anilines is 1. The monoisotopic (exact) mass is 565 g/mol. The number of nitrogens with zero attached hydrogens (tertiary/aromatic N) is 4. The van der Waals surface area contributed by atoms with Crippen LogP contribution in [0.1, 0.15) is 56.7 Å². The molecule has 5 rings (SSSR count). The highest BCUT2D eigenvalue weighted by Crippen LogP contribution is 2.55. The SMILES string of the molecule is O=P(O)(O)CP(=O)(O)OC[C@H]1O[C@@H](n2cnc3c(NC4CCCC4)nc(C(O)C4CC4)nc32)[C@@H](F)[C@@H]1O. The number of imidazole rings is 1. The van der Waals surface area contributed by atoms with Crippen LogP contribution in [0.3, 0.4) is 0 Å². The Labute approximate surface area is 210 Å². The van der Waals surface area contributed by atoms with Gasteiger partial charge < -0.3 is 39.5 Å². The lowest BCUT2D eigenvalue weighted by Gasteiger charge is -2.19. The number of nitrogens with one attached hydrogen (secondary N) is 1. The van der Waals surface area contributed by atoms with E-state index < -0.39 is 58.4 Å². The van der Waals surface area contributed by atoms with Gasteiger partial charge in [-0.15, -0.1) is 0 Å². The summed E-state index contributed by atoms with van der Waals surface area (Å²) in [7, 11) is -9.58. The number of aliphatic hydroxyl groups excluding tert-OH is 2. The van der Waals surface area contributed by atoms with Crippen LogP contribution in [0.4, 0.5) is 10.2 Å². The van der Waals surface area contributed by atoms with Crippen LogP contribution in [0.25, 0.3) is 11.2 Å². The largest absolute Gasteiger partial charge is 0.387 e. The van der Waals surface area contributed by atoms with Crippen molar-refractivity contribution in [1.82, 2.24) is 19.5 Å². The Kier molecular flexibility index (Phi) is 7.47. The molecule has 0 radical (unpaired) electrons. The third kappa shape index (κ3) is 6.05. The Morgan fingerprint density at radius 2 is 1.89 bits per heavy atom. The first-order chi connectivity index (χ1) is 17.4. The molecule has 3 aliphatic rings. The van der Waals surface area contributed by atoms with Gasteiger partial charge >= 0.3 is 15.2 Å². The Bertz CT molecular complexity index is 1230. The Morgan fingerprint density at radius 1 is 1.19 bits per heavy atom. The van der Waals surface area contributed by atoms with Gasteiger partial charge in [-0.2, -0.15) is 0 Å². The molecule has 2 aromatic heterocycles. The van der Waals surface area contributed by atoms with Gasteiger partial charge in [-0.25, -0.2) is 19.3 Å². The maximum Gasteiger partial charge on any atom is 0.340 e. The second kappa shape index (κ2) is 10.2. The fourth-order valence-electron chi connectivity index (χ4n) is 4.77. The van der Waals surface area contributed by atoms with Gasteiger partial charge in [0.25, 0.3) is 0 Å². The molecule has 1 aliphatic heterocycles. The van der Waals surface area contributed by atoms with Gasteiger partial charge in [0.2, 0.25) is 0 Å². The molecule has 1 saturated heterocycles. The van der Waals surface area contributed by atoms with Gasteiger partial charge in [0.15, 0.2) is 41.1 Å². The molecule has 37 heavy (non-hydrogen) atoms. The zero-order valence-electron chi connectivity index (χ0n) is 19.7. The van der Waals surface area contributed by atoms with Crippen molar-refractivity contribution in [2.75, 3.05) is 17.8 Å². The molecule has 6 N–H and O–H groups in total. The van der Waals surface area contributed by atoms with E-state index in [0.29, 0.717) is 11.3 Å². The molecule has 0 aromatic carbocycles. The average molecular weight is 565 g/mol. The summed E-state index contributed by atoms with van der Waals surface area (Å²) in [6.07, 6.45) is -0.501. The molecular weight excluding hydrogens is 535 g/mol. The predicted octanol–water partition coefficient (Wildman–Crippen LogP) is 1.56. The summed E-state index contributed by atoms with van der Waals surface area (Å²) >= 11 is 0. The molecule has 14 nitrogen and oxygen atoms in total. The van der Waals surface area contributed by atoms with E-state index in [1.165, 1.54) is 10.9 Å². The molecular formula is C20H30FN5O9P2. The minimum atomic E-state index is -4.86. The van der Waals surface area contributed by atoms with Crippen molar-refractivity contribution < 1.29 is 47.7 Å². The van der Waals surface area contributed by atoms with Crippen LogP contribution in [0.2, 0.25) is 0 Å². The highest BCUT2D eigenvalue weighted by Gasteiger charge is 2.47. The third-order valence-corrected chi connectivity index (χ3v) is 10.3. The lowest BCUT2D eigenvalue weighted by Crippen LogP contribution is -2.31. The van der Waals surface area contributed by atoms with Crippen molar-refractivity contribution in [2.24, 2.45) is 5.92 Å². The Hall–Kier alpha value is -1.54. The van der Waals surface area contributed by atoms with Gasteiger partial charge in [0.1, 0.15) is 18.3 Å². The highest BCUT2D eigenvalue weighted by molar-refractivity contribution is 7.70. The molecule has 2 unspecified atom stereocenters. The molecule has 2 aromatic rings. The number of hydrogen-bond donors (Lipinski definition) is 6. The first-order valence-electron chi connectivity index (χ1n) is 12.1. The van der Waals surface area contributed by atoms with E-state index >= 15 is 4.39 Å². The summed E-state index contributed by atoms with van der Waals surface area (Å²) in [6, 6.07) is 0.177. The van der Waals surface area contributed by atoms with Crippen LogP contribution in [-0.2, 0) is 18.4 Å². The first kappa shape index (κ1) is 27.0. The van der Waals surface area contributed by atoms with E-state index in [9.17, 15) is 24.2 Å². The number of alkyl halides is 1. The topological polar surface area (TPSA) is 209 Å². The van der Waals surface area contributed by atoms with E-state index in [1.54, 1.807) is 0 Å². The quantitative estimate of drug-likeness (QED) is 0.226. The van der Waals surface area contributed by atoms with E-state index in [4.69, 9.17) is 19.0 Å². The fraction of sp³-hybridized carbons (Fsp3) is 0.750. The van der Waals surface area contributed by atoms with E-state index in [1.807, 2.05) is 0 Å². The number of ether oxygens (including phenoxy) is 1. The lowest BCUT2D eigenvalue weighted by molar-refractivity contribution is -0.0425. The van der Waals surface area contributed by atoms with Crippen LogP contribution in [-0.4, -0.2) is 81.3 Å². The first-order valence-corrected chi connectivity index (χ1v) is 15.7. The standard InChI is InChI=1S/C20H30FN5O9P2/c21-13-16(28)12(7-34-37(32,33)9-36(29,30)31)35-20(13)26-8-22-14-17(23-11-3-1-2-4-11)24-18(25-19(14)26)15(27)10-5-6-10/h8,10-13,15-16,20,27-28H,1-7,9H2,(H,32,33)(H,23,24,25)(H2,29,30,31)/t12-,13+,15?,16-,20-/m1/s1. The summed E-state index contributed by atoms with van der Waals surface area (Å²) in [5, 5.41) is 24.4. The molecule has 2 saturated carbocycles. The van der Waals surface area contributed by atoms with Gasteiger partial charge in [-0.05, 0) is 31.6 Å². The number of aliphatic hydroxyl groups is 2. The lowest BCUT2D eigenvalue weighted by atomic mass is 10.1. The van der Waals surface area contributed by atoms with Gasteiger partial charge in [-0.3, -0.25) is 13.7 Å².